The van der Waals surface area contributed by atoms with Crippen molar-refractivity contribution in [2.24, 2.45) is 0 Å². The van der Waals surface area contributed by atoms with Gasteiger partial charge in [-0.15, -0.1) is 0 Å². The van der Waals surface area contributed by atoms with Crippen LogP contribution in [0.4, 0.5) is 4.79 Å². The largest absolute Gasteiger partial charge is 0.480 e. The monoisotopic (exact) mass is 273 g/mol. The molecule has 1 fully saturated rings. The lowest BCUT2D eigenvalue weighted by Crippen LogP contribution is -2.65. The summed E-state index contributed by atoms with van der Waals surface area (Å²) in [6.45, 7) is 6.82. The van der Waals surface area contributed by atoms with Gasteiger partial charge < -0.3 is 14.6 Å². The molecule has 0 aromatic rings. The third-order valence-electron chi connectivity index (χ3n) is 2.57. The summed E-state index contributed by atoms with van der Waals surface area (Å²) in [6.07, 6.45) is -0.767. The zero-order chi connectivity index (χ0) is 14.8. The molecule has 1 amide bonds. The smallest absolute Gasteiger partial charge is 0.411 e. The van der Waals surface area contributed by atoms with Gasteiger partial charge in [0.05, 0.1) is 6.61 Å². The van der Waals surface area contributed by atoms with E-state index in [2.05, 4.69) is 0 Å². The first-order valence-corrected chi connectivity index (χ1v) is 6.08. The van der Waals surface area contributed by atoms with Crippen LogP contribution < -0.4 is 0 Å². The summed E-state index contributed by atoms with van der Waals surface area (Å²) in [7, 11) is 0. The Morgan fingerprint density at radius 1 is 1.26 bits per heavy atom. The number of likely N-dealkylation sites (tertiary alicyclic amines) is 1. The highest BCUT2D eigenvalue weighted by Gasteiger charge is 2.51. The number of amides is 1. The fourth-order valence-corrected chi connectivity index (χ4v) is 1.75. The maximum absolute atomic E-state index is 11.9. The number of carboxylic acids is 1. The summed E-state index contributed by atoms with van der Waals surface area (Å²) in [5, 5.41) is 8.98. The Kier molecular flexibility index (Phi) is 4.39. The van der Waals surface area contributed by atoms with E-state index in [9.17, 15) is 14.4 Å². The molecule has 0 aromatic heterocycles. The number of carboxylic acid groups (broad SMARTS) is 1. The summed E-state index contributed by atoms with van der Waals surface area (Å²) < 4.78 is 9.90. The van der Waals surface area contributed by atoms with E-state index in [0.29, 0.717) is 0 Å². The molecule has 7 nitrogen and oxygen atoms in total. The molecule has 7 heteroatoms. The molecule has 0 saturated carbocycles. The third kappa shape index (κ3) is 3.59. The summed E-state index contributed by atoms with van der Waals surface area (Å²) in [6, 6.07) is -1.92. The van der Waals surface area contributed by atoms with Gasteiger partial charge in [-0.1, -0.05) is 0 Å². The Labute approximate surface area is 111 Å². The number of carbonyl (C=O) groups excluding carboxylic acids is 2. The molecule has 0 aliphatic carbocycles. The molecule has 1 aliphatic rings. The van der Waals surface area contributed by atoms with Crippen LogP contribution in [0.1, 0.15) is 34.1 Å². The molecule has 0 spiro atoms. The van der Waals surface area contributed by atoms with Gasteiger partial charge in [0, 0.05) is 6.42 Å². The second-order valence-corrected chi connectivity index (χ2v) is 5.25. The van der Waals surface area contributed by atoms with Gasteiger partial charge in [-0.2, -0.15) is 0 Å². The number of ether oxygens (including phenoxy) is 2. The van der Waals surface area contributed by atoms with Gasteiger partial charge in [0.15, 0.2) is 0 Å². The summed E-state index contributed by atoms with van der Waals surface area (Å²) in [5.74, 6) is -1.77. The highest BCUT2D eigenvalue weighted by molar-refractivity contribution is 5.90. The van der Waals surface area contributed by atoms with Crippen molar-refractivity contribution in [2.75, 3.05) is 6.61 Å². The lowest BCUT2D eigenvalue weighted by atomic mass is 9.93. The van der Waals surface area contributed by atoms with Crippen LogP contribution in [-0.4, -0.2) is 52.3 Å². The van der Waals surface area contributed by atoms with Crippen LogP contribution in [0.2, 0.25) is 0 Å². The van der Waals surface area contributed by atoms with Crippen LogP contribution in [0.5, 0.6) is 0 Å². The predicted molar refractivity (Wildman–Crippen MR) is 64.5 cm³/mol. The lowest BCUT2D eigenvalue weighted by Gasteiger charge is -2.44. The van der Waals surface area contributed by atoms with Crippen LogP contribution in [-0.2, 0) is 19.1 Å². The molecule has 1 saturated heterocycles. The van der Waals surface area contributed by atoms with Gasteiger partial charge in [0.2, 0.25) is 0 Å². The average molecular weight is 273 g/mol. The number of rotatable bonds is 3. The first-order chi connectivity index (χ1) is 8.67. The molecule has 0 bridgehead atoms. The molecule has 1 N–H and O–H groups in total. The van der Waals surface area contributed by atoms with Crippen LogP contribution in [0.3, 0.4) is 0 Å². The number of aliphatic carboxylic acids is 1. The minimum Gasteiger partial charge on any atom is -0.480 e. The normalized spacial score (nSPS) is 22.4. The first-order valence-electron chi connectivity index (χ1n) is 6.08. The molecule has 108 valence electrons. The highest BCUT2D eigenvalue weighted by Crippen LogP contribution is 2.29. The number of nitrogens with zero attached hydrogens (tertiary/aromatic N) is 1. The van der Waals surface area contributed by atoms with Gasteiger partial charge in [-0.3, -0.25) is 4.90 Å². The maximum atomic E-state index is 11.9. The number of hydrogen-bond donors (Lipinski definition) is 1. The SMILES string of the molecule is CCOC(=O)[C@H]1C[C@@H](C(=O)O)N1C(=O)OC(C)(C)C. The maximum Gasteiger partial charge on any atom is 0.411 e. The van der Waals surface area contributed by atoms with E-state index in [0.717, 1.165) is 4.90 Å². The summed E-state index contributed by atoms with van der Waals surface area (Å²) >= 11 is 0. The Bertz CT molecular complexity index is 386. The number of hydrogen-bond acceptors (Lipinski definition) is 5. The van der Waals surface area contributed by atoms with Crippen LogP contribution >= 0.6 is 0 Å². The minimum absolute atomic E-state index is 0.0490. The van der Waals surface area contributed by atoms with Crippen molar-refractivity contribution in [2.45, 2.75) is 51.8 Å². The van der Waals surface area contributed by atoms with Crippen LogP contribution in [0.15, 0.2) is 0 Å². The van der Waals surface area contributed by atoms with Gasteiger partial charge in [-0.25, -0.2) is 14.4 Å². The minimum atomic E-state index is -1.16. The molecule has 1 heterocycles. The fraction of sp³-hybridized carbons (Fsp3) is 0.750. The Morgan fingerprint density at radius 3 is 2.26 bits per heavy atom. The highest BCUT2D eigenvalue weighted by atomic mass is 16.6. The molecule has 2 atom stereocenters. The van der Waals surface area contributed by atoms with Gasteiger partial charge >= 0.3 is 18.0 Å². The number of esters is 1. The predicted octanol–water partition coefficient (Wildman–Crippen LogP) is 1.01. The van der Waals surface area contributed by atoms with E-state index >= 15 is 0 Å². The van der Waals surface area contributed by atoms with E-state index in [1.54, 1.807) is 27.7 Å². The Balaban J connectivity index is 2.79. The molecule has 0 unspecified atom stereocenters. The van der Waals surface area contributed by atoms with Crippen molar-refractivity contribution in [3.63, 3.8) is 0 Å². The zero-order valence-corrected chi connectivity index (χ0v) is 11.5. The van der Waals surface area contributed by atoms with Crippen molar-refractivity contribution in [1.29, 1.82) is 0 Å². The quantitative estimate of drug-likeness (QED) is 0.771. The van der Waals surface area contributed by atoms with Crippen molar-refractivity contribution in [3.8, 4) is 0 Å². The zero-order valence-electron chi connectivity index (χ0n) is 11.5. The number of carbonyl (C=O) groups is 3. The van der Waals surface area contributed by atoms with E-state index in [1.165, 1.54) is 0 Å². The average Bonchev–Trinajstić information content (AvgIpc) is 2.11. The third-order valence-corrected chi connectivity index (χ3v) is 2.57. The molecule has 1 rings (SSSR count). The Hall–Kier alpha value is -1.79. The molecular weight excluding hydrogens is 254 g/mol. The van der Waals surface area contributed by atoms with E-state index in [4.69, 9.17) is 14.6 Å². The van der Waals surface area contributed by atoms with Crippen molar-refractivity contribution in [3.05, 3.63) is 0 Å². The van der Waals surface area contributed by atoms with E-state index in [-0.39, 0.29) is 13.0 Å². The molecule has 0 radical (unpaired) electrons. The van der Waals surface area contributed by atoms with Crippen LogP contribution in [0, 0.1) is 0 Å². The van der Waals surface area contributed by atoms with Crippen molar-refractivity contribution in [1.82, 2.24) is 4.90 Å². The standard InChI is InChI=1S/C12H19NO6/c1-5-18-10(16)8-6-7(9(14)15)13(8)11(17)19-12(2,3)4/h7-8H,5-6H2,1-4H3,(H,14,15)/t7-,8+/m0/s1. The van der Waals surface area contributed by atoms with E-state index < -0.39 is 35.7 Å². The van der Waals surface area contributed by atoms with Gasteiger partial charge in [0.25, 0.3) is 0 Å². The second kappa shape index (κ2) is 5.46. The first kappa shape index (κ1) is 15.3. The van der Waals surface area contributed by atoms with E-state index in [1.807, 2.05) is 0 Å². The Morgan fingerprint density at radius 2 is 1.84 bits per heavy atom. The van der Waals surface area contributed by atoms with Crippen molar-refractivity contribution >= 4 is 18.0 Å². The summed E-state index contributed by atoms with van der Waals surface area (Å²) in [4.78, 5) is 35.4. The molecule has 19 heavy (non-hydrogen) atoms. The second-order valence-electron chi connectivity index (χ2n) is 5.25. The molecular formula is C12H19NO6. The van der Waals surface area contributed by atoms with Crippen molar-refractivity contribution < 1.29 is 29.0 Å². The van der Waals surface area contributed by atoms with Gasteiger partial charge in [-0.05, 0) is 27.7 Å². The fourth-order valence-electron chi connectivity index (χ4n) is 1.75. The van der Waals surface area contributed by atoms with Gasteiger partial charge in [0.1, 0.15) is 17.7 Å². The topological polar surface area (TPSA) is 93.1 Å². The molecule has 0 aromatic carbocycles. The summed E-state index contributed by atoms with van der Waals surface area (Å²) in [5.41, 5.74) is -0.755. The lowest BCUT2D eigenvalue weighted by molar-refractivity contribution is -0.165. The van der Waals surface area contributed by atoms with Crippen LogP contribution in [0.25, 0.3) is 0 Å². The molecule has 1 aliphatic heterocycles.